The van der Waals surface area contributed by atoms with E-state index in [1.807, 2.05) is 0 Å². The van der Waals surface area contributed by atoms with Gasteiger partial charge in [0.1, 0.15) is 35.0 Å². The van der Waals surface area contributed by atoms with E-state index in [0.29, 0.717) is 69.3 Å². The number of methoxy groups -OCH3 is 1. The zero-order valence-electron chi connectivity index (χ0n) is 20.0. The molecule has 5 heterocycles. The van der Waals surface area contributed by atoms with Gasteiger partial charge in [-0.25, -0.2) is 14.4 Å². The topological polar surface area (TPSA) is 108 Å². The molecule has 0 aliphatic carbocycles. The summed E-state index contributed by atoms with van der Waals surface area (Å²) in [4.78, 5) is 28.9. The molecule has 0 radical (unpaired) electrons. The normalized spacial score (nSPS) is 15.2. The predicted octanol–water partition coefficient (Wildman–Crippen LogP) is 4.08. The Morgan fingerprint density at radius 3 is 2.78 bits per heavy atom. The van der Waals surface area contributed by atoms with E-state index in [1.165, 1.54) is 18.2 Å². The van der Waals surface area contributed by atoms with Crippen LogP contribution in [-0.2, 0) is 0 Å². The van der Waals surface area contributed by atoms with Crippen LogP contribution in [0.3, 0.4) is 0 Å². The van der Waals surface area contributed by atoms with Gasteiger partial charge in [0.15, 0.2) is 11.3 Å². The smallest absolute Gasteiger partial charge is 0.255 e. The number of carbonyl (C=O) groups is 1. The Kier molecular flexibility index (Phi) is 5.98. The molecule has 1 aliphatic rings. The maximum absolute atomic E-state index is 13.7. The third-order valence-electron chi connectivity index (χ3n) is 6.10. The van der Waals surface area contributed by atoms with E-state index >= 15 is 0 Å². The molecule has 0 spiro atoms. The van der Waals surface area contributed by atoms with Gasteiger partial charge in [-0.15, -0.1) is 0 Å². The number of ether oxygens (including phenoxy) is 1. The molecule has 1 atom stereocenters. The quantitative estimate of drug-likeness (QED) is 0.415. The standard InChI is InChI=1S/C26H23FN6O3/c1-32(2)26(34)17-9-21(35-3)23(30-13-17)22-10-20-24(36-22)19(4-6-29-20)16-8-15(11-28)25(31-12-16)33-7-5-18(27)14-33/h4,6,8-10,12-13,18H,5,7,14H2,1-3H3. The fourth-order valence-electron chi connectivity index (χ4n) is 4.29. The van der Waals surface area contributed by atoms with Crippen molar-refractivity contribution in [2.75, 3.05) is 39.2 Å². The summed E-state index contributed by atoms with van der Waals surface area (Å²) < 4.78 is 25.4. The molecule has 0 aromatic carbocycles. The van der Waals surface area contributed by atoms with E-state index < -0.39 is 6.17 Å². The fourth-order valence-corrected chi connectivity index (χ4v) is 4.29. The maximum Gasteiger partial charge on any atom is 0.255 e. The first-order valence-corrected chi connectivity index (χ1v) is 11.3. The average Bonchev–Trinajstić information content (AvgIpc) is 3.53. The Balaban J connectivity index is 1.56. The second-order valence-corrected chi connectivity index (χ2v) is 8.70. The van der Waals surface area contributed by atoms with E-state index in [1.54, 1.807) is 55.7 Å². The van der Waals surface area contributed by atoms with Crippen molar-refractivity contribution in [2.24, 2.45) is 0 Å². The summed E-state index contributed by atoms with van der Waals surface area (Å²) in [5, 5.41) is 9.74. The van der Waals surface area contributed by atoms with Crippen LogP contribution in [-0.4, -0.2) is 66.2 Å². The Morgan fingerprint density at radius 1 is 1.25 bits per heavy atom. The number of nitriles is 1. The zero-order valence-corrected chi connectivity index (χ0v) is 20.0. The molecule has 5 rings (SSSR count). The number of anilines is 1. The lowest BCUT2D eigenvalue weighted by atomic mass is 10.1. The molecule has 9 nitrogen and oxygen atoms in total. The van der Waals surface area contributed by atoms with Gasteiger partial charge >= 0.3 is 0 Å². The second kappa shape index (κ2) is 9.26. The molecule has 36 heavy (non-hydrogen) atoms. The summed E-state index contributed by atoms with van der Waals surface area (Å²) in [6.07, 6.45) is 4.29. The summed E-state index contributed by atoms with van der Waals surface area (Å²) in [6, 6.07) is 9.06. The van der Waals surface area contributed by atoms with Gasteiger partial charge in [-0.3, -0.25) is 9.78 Å². The number of alkyl halides is 1. The molecule has 4 aromatic rings. The summed E-state index contributed by atoms with van der Waals surface area (Å²) in [6.45, 7) is 0.757. The van der Waals surface area contributed by atoms with Crippen LogP contribution >= 0.6 is 0 Å². The highest BCUT2D eigenvalue weighted by atomic mass is 19.1. The predicted molar refractivity (Wildman–Crippen MR) is 131 cm³/mol. The number of nitrogens with zero attached hydrogens (tertiary/aromatic N) is 6. The van der Waals surface area contributed by atoms with E-state index in [2.05, 4.69) is 21.0 Å². The molecule has 10 heteroatoms. The van der Waals surface area contributed by atoms with E-state index in [9.17, 15) is 14.4 Å². The summed E-state index contributed by atoms with van der Waals surface area (Å²) in [5.74, 6) is 1.09. The number of rotatable bonds is 5. The van der Waals surface area contributed by atoms with Crippen LogP contribution in [0.1, 0.15) is 22.3 Å². The van der Waals surface area contributed by atoms with Crippen molar-refractivity contribution in [1.29, 1.82) is 5.26 Å². The molecule has 1 unspecified atom stereocenters. The molecule has 1 saturated heterocycles. The Labute approximate surface area is 206 Å². The second-order valence-electron chi connectivity index (χ2n) is 8.70. The average molecular weight is 487 g/mol. The first-order valence-electron chi connectivity index (χ1n) is 11.3. The minimum absolute atomic E-state index is 0.193. The minimum Gasteiger partial charge on any atom is -0.494 e. The van der Waals surface area contributed by atoms with Gasteiger partial charge < -0.3 is 19.0 Å². The first-order chi connectivity index (χ1) is 17.4. The van der Waals surface area contributed by atoms with Crippen molar-refractivity contribution in [2.45, 2.75) is 12.6 Å². The van der Waals surface area contributed by atoms with Crippen LogP contribution in [0.25, 0.3) is 33.7 Å². The van der Waals surface area contributed by atoms with Crippen LogP contribution in [0.15, 0.2) is 47.3 Å². The van der Waals surface area contributed by atoms with Crippen LogP contribution in [0.5, 0.6) is 5.75 Å². The van der Waals surface area contributed by atoms with Crippen molar-refractivity contribution in [3.05, 3.63) is 54.0 Å². The van der Waals surface area contributed by atoms with E-state index in [4.69, 9.17) is 9.15 Å². The van der Waals surface area contributed by atoms with Gasteiger partial charge in [-0.2, -0.15) is 5.26 Å². The minimum atomic E-state index is -0.917. The molecular weight excluding hydrogens is 463 g/mol. The monoisotopic (exact) mass is 486 g/mol. The van der Waals surface area contributed by atoms with Gasteiger partial charge in [-0.1, -0.05) is 0 Å². The molecule has 4 aromatic heterocycles. The molecule has 0 saturated carbocycles. The van der Waals surface area contributed by atoms with E-state index in [0.717, 1.165) is 0 Å². The number of hydrogen-bond acceptors (Lipinski definition) is 8. The van der Waals surface area contributed by atoms with Crippen LogP contribution in [0.2, 0.25) is 0 Å². The van der Waals surface area contributed by atoms with Crippen molar-refractivity contribution >= 4 is 22.8 Å². The third kappa shape index (κ3) is 4.09. The van der Waals surface area contributed by atoms with Crippen LogP contribution in [0.4, 0.5) is 10.2 Å². The summed E-state index contributed by atoms with van der Waals surface area (Å²) >= 11 is 0. The molecular formula is C26H23FN6O3. The summed E-state index contributed by atoms with van der Waals surface area (Å²) in [7, 11) is 4.83. The van der Waals surface area contributed by atoms with Crippen molar-refractivity contribution in [1.82, 2.24) is 19.9 Å². The number of carbonyl (C=O) groups excluding carboxylic acids is 1. The highest BCUT2D eigenvalue weighted by Gasteiger charge is 2.25. The lowest BCUT2D eigenvalue weighted by Crippen LogP contribution is -2.22. The maximum atomic E-state index is 13.7. The lowest BCUT2D eigenvalue weighted by Gasteiger charge is -2.18. The number of hydrogen-bond donors (Lipinski definition) is 0. The zero-order chi connectivity index (χ0) is 25.4. The summed E-state index contributed by atoms with van der Waals surface area (Å²) in [5.41, 5.74) is 3.63. The van der Waals surface area contributed by atoms with Gasteiger partial charge in [0.05, 0.1) is 24.8 Å². The first kappa shape index (κ1) is 23.2. The largest absolute Gasteiger partial charge is 0.494 e. The number of pyridine rings is 3. The van der Waals surface area contributed by atoms with Gasteiger partial charge in [-0.05, 0) is 24.6 Å². The molecule has 0 N–H and O–H groups in total. The van der Waals surface area contributed by atoms with Crippen molar-refractivity contribution in [3.8, 4) is 34.4 Å². The highest BCUT2D eigenvalue weighted by molar-refractivity contribution is 5.95. The van der Waals surface area contributed by atoms with E-state index in [-0.39, 0.29) is 12.5 Å². The van der Waals surface area contributed by atoms with Crippen LogP contribution in [0, 0.1) is 11.3 Å². The molecule has 1 aliphatic heterocycles. The number of fused-ring (bicyclic) bond motifs is 1. The van der Waals surface area contributed by atoms with Crippen molar-refractivity contribution < 1.29 is 18.3 Å². The molecule has 1 fully saturated rings. The number of halogens is 1. The highest BCUT2D eigenvalue weighted by Crippen LogP contribution is 2.37. The van der Waals surface area contributed by atoms with Gasteiger partial charge in [0.2, 0.25) is 0 Å². The number of furan rings is 1. The lowest BCUT2D eigenvalue weighted by molar-refractivity contribution is 0.0827. The van der Waals surface area contributed by atoms with Gasteiger partial charge in [0, 0.05) is 56.4 Å². The third-order valence-corrected chi connectivity index (χ3v) is 6.10. The van der Waals surface area contributed by atoms with Crippen LogP contribution < -0.4 is 9.64 Å². The SMILES string of the molecule is COc1cc(C(=O)N(C)C)cnc1-c1cc2nccc(-c3cnc(N4CCC(F)C4)c(C#N)c3)c2o1. The van der Waals surface area contributed by atoms with Gasteiger partial charge in [0.25, 0.3) is 5.91 Å². The molecule has 1 amide bonds. The van der Waals surface area contributed by atoms with Crippen molar-refractivity contribution in [3.63, 3.8) is 0 Å². The Morgan fingerprint density at radius 2 is 2.08 bits per heavy atom. The Bertz CT molecular complexity index is 1510. The number of amides is 1. The Hall–Kier alpha value is -4.52. The molecule has 182 valence electrons. The molecule has 0 bridgehead atoms. The number of aromatic nitrogens is 3. The fraction of sp³-hybridized carbons (Fsp3) is 0.269.